The summed E-state index contributed by atoms with van der Waals surface area (Å²) in [5.74, 6) is 1.32. The molecule has 0 bridgehead atoms. The molecular formula is C26H55B3O6. The van der Waals surface area contributed by atoms with Gasteiger partial charge in [-0.2, -0.15) is 0 Å². The van der Waals surface area contributed by atoms with Crippen molar-refractivity contribution in [3.63, 3.8) is 0 Å². The van der Waals surface area contributed by atoms with Gasteiger partial charge in [0.15, 0.2) is 0 Å². The molecule has 3 rings (SSSR count). The van der Waals surface area contributed by atoms with Crippen molar-refractivity contribution in [2.24, 2.45) is 5.41 Å². The summed E-state index contributed by atoms with van der Waals surface area (Å²) in [5.41, 5.74) is -0.179. The minimum Gasteiger partial charge on any atom is -0.410 e. The van der Waals surface area contributed by atoms with Gasteiger partial charge in [-0.3, -0.25) is 0 Å². The lowest BCUT2D eigenvalue weighted by molar-refractivity contribution is -0.0314. The van der Waals surface area contributed by atoms with Crippen LogP contribution in [0.1, 0.15) is 110 Å². The molecule has 3 aliphatic heterocycles. The Balaban J connectivity index is 0.000000263. The van der Waals surface area contributed by atoms with Crippen LogP contribution in [-0.4, -0.2) is 57.5 Å². The van der Waals surface area contributed by atoms with Crippen molar-refractivity contribution < 1.29 is 27.9 Å². The van der Waals surface area contributed by atoms with Gasteiger partial charge in [-0.15, -0.1) is 0 Å². The van der Waals surface area contributed by atoms with Gasteiger partial charge >= 0.3 is 21.4 Å². The maximum absolute atomic E-state index is 5.80. The van der Waals surface area contributed by atoms with E-state index in [-0.39, 0.29) is 43.6 Å². The van der Waals surface area contributed by atoms with Crippen LogP contribution in [0.3, 0.4) is 0 Å². The van der Waals surface area contributed by atoms with Crippen molar-refractivity contribution >= 4 is 21.4 Å². The summed E-state index contributed by atoms with van der Waals surface area (Å²) in [5, 5.41) is 0. The van der Waals surface area contributed by atoms with E-state index < -0.39 is 0 Å². The van der Waals surface area contributed by atoms with Crippen LogP contribution in [0.4, 0.5) is 0 Å². The van der Waals surface area contributed by atoms with Crippen LogP contribution in [0.15, 0.2) is 0 Å². The molecule has 3 fully saturated rings. The van der Waals surface area contributed by atoms with Gasteiger partial charge in [0.05, 0.1) is 16.8 Å². The third-order valence-corrected chi connectivity index (χ3v) is 6.76. The molecule has 3 aliphatic rings. The van der Waals surface area contributed by atoms with Crippen LogP contribution in [0, 0.1) is 5.41 Å². The predicted octanol–water partition coefficient (Wildman–Crippen LogP) is 6.93. The number of rotatable bonds is 3. The third-order valence-electron chi connectivity index (χ3n) is 6.76. The zero-order valence-corrected chi connectivity index (χ0v) is 25.6. The van der Waals surface area contributed by atoms with E-state index in [1.165, 1.54) is 0 Å². The van der Waals surface area contributed by atoms with E-state index in [1.807, 2.05) is 0 Å². The van der Waals surface area contributed by atoms with Crippen LogP contribution >= 0.6 is 0 Å². The van der Waals surface area contributed by atoms with Gasteiger partial charge in [-0.05, 0) is 72.3 Å². The fraction of sp³-hybridized carbons (Fsp3) is 1.00. The van der Waals surface area contributed by atoms with Crippen molar-refractivity contribution in [3.05, 3.63) is 0 Å². The van der Waals surface area contributed by atoms with Gasteiger partial charge in [0, 0.05) is 24.7 Å². The molecule has 1 unspecified atom stereocenters. The van der Waals surface area contributed by atoms with Crippen molar-refractivity contribution in [1.82, 2.24) is 0 Å². The average Bonchev–Trinajstić information content (AvgIpc) is 2.88. The minimum absolute atomic E-state index is 0.0167. The summed E-state index contributed by atoms with van der Waals surface area (Å²) >= 11 is 0. The highest BCUT2D eigenvalue weighted by Gasteiger charge is 2.51. The summed E-state index contributed by atoms with van der Waals surface area (Å²) in [6.07, 6.45) is 1.30. The van der Waals surface area contributed by atoms with E-state index in [2.05, 4.69) is 104 Å². The molecule has 0 aromatic carbocycles. The molecule has 0 spiro atoms. The lowest BCUT2D eigenvalue weighted by atomic mass is 9.71. The zero-order chi connectivity index (χ0) is 27.4. The van der Waals surface area contributed by atoms with Gasteiger partial charge in [0.1, 0.15) is 0 Å². The van der Waals surface area contributed by atoms with E-state index in [9.17, 15) is 0 Å². The summed E-state index contributed by atoms with van der Waals surface area (Å²) in [6, 6.07) is 0. The van der Waals surface area contributed by atoms with Crippen LogP contribution in [0.2, 0.25) is 17.5 Å². The Bertz CT molecular complexity index is 605. The second-order valence-electron chi connectivity index (χ2n) is 13.9. The molecule has 0 aromatic rings. The van der Waals surface area contributed by atoms with Gasteiger partial charge in [-0.1, -0.05) is 55.4 Å². The summed E-state index contributed by atoms with van der Waals surface area (Å²) < 4.78 is 34.1. The van der Waals surface area contributed by atoms with Crippen LogP contribution in [0.25, 0.3) is 0 Å². The molecule has 3 saturated heterocycles. The number of hydrogen-bond acceptors (Lipinski definition) is 6. The topological polar surface area (TPSA) is 55.4 Å². The number of hydrogen-bond donors (Lipinski definition) is 0. The largest absolute Gasteiger partial charge is 0.460 e. The van der Waals surface area contributed by atoms with Crippen molar-refractivity contribution in [2.45, 2.75) is 151 Å². The van der Waals surface area contributed by atoms with Crippen molar-refractivity contribution in [2.75, 3.05) is 13.2 Å². The first-order valence-electron chi connectivity index (χ1n) is 13.6. The van der Waals surface area contributed by atoms with Crippen molar-refractivity contribution in [1.29, 1.82) is 0 Å². The molecule has 0 N–H and O–H groups in total. The maximum atomic E-state index is 5.80. The Labute approximate surface area is 218 Å². The van der Waals surface area contributed by atoms with Gasteiger partial charge in [0.2, 0.25) is 0 Å². The Morgan fingerprint density at radius 2 is 1.00 bits per heavy atom. The normalized spacial score (nSPS) is 26.9. The average molecular weight is 496 g/mol. The van der Waals surface area contributed by atoms with E-state index in [4.69, 9.17) is 27.9 Å². The highest BCUT2D eigenvalue weighted by Crippen LogP contribution is 2.39. The Kier molecular flexibility index (Phi) is 11.9. The summed E-state index contributed by atoms with van der Waals surface area (Å²) in [4.78, 5) is 0. The highest BCUT2D eigenvalue weighted by atomic mass is 16.7. The monoisotopic (exact) mass is 496 g/mol. The molecule has 0 aromatic heterocycles. The molecule has 0 amide bonds. The minimum atomic E-state index is -0.179. The van der Waals surface area contributed by atoms with Crippen LogP contribution in [-0.2, 0) is 27.9 Å². The first-order chi connectivity index (χ1) is 15.7. The predicted molar refractivity (Wildman–Crippen MR) is 149 cm³/mol. The second kappa shape index (κ2) is 12.7. The molecule has 35 heavy (non-hydrogen) atoms. The SMILES string of the molecule is CC(C)B1OC(C)(C)C(C)(C)O1.CC(C)B1OCC(C)(C)CO1.CC1CC(C)(C)OB(C(C)C)O1. The Hall–Kier alpha value is -0.0452. The molecule has 0 radical (unpaired) electrons. The maximum Gasteiger partial charge on any atom is 0.460 e. The van der Waals surface area contributed by atoms with E-state index >= 15 is 0 Å². The lowest BCUT2D eigenvalue weighted by Gasteiger charge is -2.39. The molecule has 204 valence electrons. The van der Waals surface area contributed by atoms with E-state index in [0.717, 1.165) is 19.6 Å². The van der Waals surface area contributed by atoms with E-state index in [1.54, 1.807) is 0 Å². The molecule has 1 atom stereocenters. The standard InChI is InChI=1S/2C9H19BO2.C8H17BO2/c1-7(2)10-11-8(3)6-9(4,5)12-10;1-7(2)10-11-8(3,4)9(5,6)12-10;1-7(2)9-10-5-8(3,4)6-11-9/h7-8H,6H2,1-5H3;7H,1-6H3;7H,5-6H2,1-4H3. The zero-order valence-electron chi connectivity index (χ0n) is 25.6. The Morgan fingerprint density at radius 3 is 1.31 bits per heavy atom. The third kappa shape index (κ3) is 10.7. The molecular weight excluding hydrogens is 441 g/mol. The first kappa shape index (κ1) is 33.0. The lowest BCUT2D eigenvalue weighted by Crippen LogP contribution is -2.47. The molecule has 0 aliphatic carbocycles. The van der Waals surface area contributed by atoms with Gasteiger partial charge < -0.3 is 27.9 Å². The summed E-state index contributed by atoms with van der Waals surface area (Å²) in [6.45, 7) is 33.3. The first-order valence-corrected chi connectivity index (χ1v) is 13.6. The smallest absolute Gasteiger partial charge is 0.410 e. The molecule has 6 nitrogen and oxygen atoms in total. The quantitative estimate of drug-likeness (QED) is 0.395. The highest BCUT2D eigenvalue weighted by molar-refractivity contribution is 6.47. The fourth-order valence-corrected chi connectivity index (χ4v) is 3.90. The molecule has 9 heteroatoms. The molecule has 3 heterocycles. The van der Waals surface area contributed by atoms with Gasteiger partial charge in [-0.25, -0.2) is 0 Å². The van der Waals surface area contributed by atoms with Crippen LogP contribution in [0.5, 0.6) is 0 Å². The Morgan fingerprint density at radius 1 is 0.600 bits per heavy atom. The van der Waals surface area contributed by atoms with Gasteiger partial charge in [0.25, 0.3) is 0 Å². The fourth-order valence-electron chi connectivity index (χ4n) is 3.90. The van der Waals surface area contributed by atoms with Crippen LogP contribution < -0.4 is 0 Å². The van der Waals surface area contributed by atoms with Crippen molar-refractivity contribution in [3.8, 4) is 0 Å². The summed E-state index contributed by atoms with van der Waals surface area (Å²) in [7, 11) is -0.0539. The van der Waals surface area contributed by atoms with E-state index in [0.29, 0.717) is 23.6 Å². The second-order valence-corrected chi connectivity index (χ2v) is 13.9. The molecule has 0 saturated carbocycles.